The molecule has 1 rings (SSSR count). The molecule has 20 heavy (non-hydrogen) atoms. The second-order valence-corrected chi connectivity index (χ2v) is 7.98. The minimum Gasteiger partial charge on any atom is -0.381 e. The number of rotatable bonds is 5. The third kappa shape index (κ3) is 4.12. The zero-order valence-electron chi connectivity index (χ0n) is 10.9. The average Bonchev–Trinajstić information content (AvgIpc) is 2.26. The van der Waals surface area contributed by atoms with Gasteiger partial charge in [-0.15, -0.1) is 0 Å². The van der Waals surface area contributed by atoms with Gasteiger partial charge >= 0.3 is 5.51 Å². The predicted octanol–water partition coefficient (Wildman–Crippen LogP) is 3.95. The van der Waals surface area contributed by atoms with E-state index in [2.05, 4.69) is 21.2 Å². The van der Waals surface area contributed by atoms with Crippen LogP contribution in [0.3, 0.4) is 0 Å². The summed E-state index contributed by atoms with van der Waals surface area (Å²) in [6.45, 7) is 3.67. The first-order valence-electron chi connectivity index (χ1n) is 5.86. The van der Waals surface area contributed by atoms with E-state index in [1.807, 2.05) is 6.92 Å². The van der Waals surface area contributed by atoms with Crippen molar-refractivity contribution < 1.29 is 21.6 Å². The number of halogens is 4. The molecule has 0 fully saturated rings. The molecule has 0 radical (unpaired) electrons. The van der Waals surface area contributed by atoms with E-state index in [4.69, 9.17) is 0 Å². The van der Waals surface area contributed by atoms with Crippen LogP contribution >= 0.6 is 15.9 Å². The summed E-state index contributed by atoms with van der Waals surface area (Å²) in [7, 11) is -5.36. The Bertz CT molecular complexity index is 558. The van der Waals surface area contributed by atoms with Crippen LogP contribution in [0.15, 0.2) is 29.2 Å². The van der Waals surface area contributed by atoms with Gasteiger partial charge in [-0.25, -0.2) is 8.42 Å². The summed E-state index contributed by atoms with van der Waals surface area (Å²) >= 11 is 3.34. The maximum atomic E-state index is 12.6. The van der Waals surface area contributed by atoms with Gasteiger partial charge in [0.05, 0.1) is 10.6 Å². The van der Waals surface area contributed by atoms with Crippen molar-refractivity contribution in [3.63, 3.8) is 0 Å². The Labute approximate surface area is 124 Å². The molecular formula is C12H15BrF3NO2S. The number of hydrogen-bond donors (Lipinski definition) is 1. The van der Waals surface area contributed by atoms with Gasteiger partial charge < -0.3 is 5.32 Å². The van der Waals surface area contributed by atoms with Gasteiger partial charge in [-0.05, 0) is 25.5 Å². The lowest BCUT2D eigenvalue weighted by atomic mass is 10.2. The summed E-state index contributed by atoms with van der Waals surface area (Å²) in [6, 6.07) is 4.86. The van der Waals surface area contributed by atoms with Gasteiger partial charge in [0, 0.05) is 10.9 Å². The molecule has 0 saturated heterocycles. The second kappa shape index (κ2) is 6.34. The van der Waals surface area contributed by atoms with Crippen LogP contribution in [-0.4, -0.2) is 24.8 Å². The van der Waals surface area contributed by atoms with E-state index in [-0.39, 0.29) is 16.6 Å². The summed E-state index contributed by atoms with van der Waals surface area (Å²) in [4.78, 5) is -0.585. The SMILES string of the molecule is CC(Br)CC(C)Nc1ccccc1S(=O)(=O)C(F)(F)F. The van der Waals surface area contributed by atoms with Crippen LogP contribution in [-0.2, 0) is 9.84 Å². The number of nitrogens with one attached hydrogen (secondary N) is 1. The second-order valence-electron chi connectivity index (χ2n) is 4.51. The highest BCUT2D eigenvalue weighted by molar-refractivity contribution is 9.09. The fraction of sp³-hybridized carbons (Fsp3) is 0.500. The Morgan fingerprint density at radius 1 is 1.25 bits per heavy atom. The number of para-hydroxylation sites is 1. The van der Waals surface area contributed by atoms with Crippen LogP contribution in [0.5, 0.6) is 0 Å². The molecule has 0 spiro atoms. The number of sulfone groups is 1. The van der Waals surface area contributed by atoms with Gasteiger partial charge in [0.25, 0.3) is 9.84 Å². The largest absolute Gasteiger partial charge is 0.501 e. The third-order valence-corrected chi connectivity index (χ3v) is 4.48. The normalized spacial score (nSPS) is 15.7. The van der Waals surface area contributed by atoms with Crippen LogP contribution in [0.25, 0.3) is 0 Å². The highest BCUT2D eigenvalue weighted by atomic mass is 79.9. The van der Waals surface area contributed by atoms with Gasteiger partial charge in [0.2, 0.25) is 0 Å². The zero-order valence-corrected chi connectivity index (χ0v) is 13.3. The molecule has 2 atom stereocenters. The van der Waals surface area contributed by atoms with Gasteiger partial charge in [-0.3, -0.25) is 0 Å². The number of hydrogen-bond acceptors (Lipinski definition) is 3. The van der Waals surface area contributed by atoms with E-state index in [9.17, 15) is 21.6 Å². The fourth-order valence-electron chi connectivity index (χ4n) is 1.76. The van der Waals surface area contributed by atoms with Crippen LogP contribution in [0, 0.1) is 0 Å². The van der Waals surface area contributed by atoms with Gasteiger partial charge in [-0.1, -0.05) is 35.0 Å². The van der Waals surface area contributed by atoms with Crippen molar-refractivity contribution in [2.75, 3.05) is 5.32 Å². The molecule has 0 bridgehead atoms. The third-order valence-electron chi connectivity index (χ3n) is 2.56. The first-order valence-corrected chi connectivity index (χ1v) is 8.26. The molecule has 0 aliphatic heterocycles. The van der Waals surface area contributed by atoms with E-state index < -0.39 is 20.2 Å². The van der Waals surface area contributed by atoms with E-state index in [1.165, 1.54) is 18.2 Å². The Morgan fingerprint density at radius 2 is 1.80 bits per heavy atom. The molecule has 0 aromatic heterocycles. The molecule has 0 aliphatic rings. The topological polar surface area (TPSA) is 46.2 Å². The van der Waals surface area contributed by atoms with E-state index in [0.717, 1.165) is 6.07 Å². The number of alkyl halides is 4. The van der Waals surface area contributed by atoms with E-state index in [1.54, 1.807) is 6.92 Å². The molecule has 1 aromatic carbocycles. The van der Waals surface area contributed by atoms with Crippen molar-refractivity contribution in [2.24, 2.45) is 0 Å². The molecule has 0 amide bonds. The van der Waals surface area contributed by atoms with Gasteiger partial charge in [0.15, 0.2) is 0 Å². The molecule has 1 aromatic rings. The maximum absolute atomic E-state index is 12.6. The van der Waals surface area contributed by atoms with Gasteiger partial charge in [-0.2, -0.15) is 13.2 Å². The Hall–Kier alpha value is -0.760. The first-order chi connectivity index (χ1) is 9.05. The smallest absolute Gasteiger partial charge is 0.381 e. The molecule has 2 unspecified atom stereocenters. The summed E-state index contributed by atoms with van der Waals surface area (Å²) in [5, 5.41) is 2.81. The zero-order chi connectivity index (χ0) is 15.6. The van der Waals surface area contributed by atoms with Crippen molar-refractivity contribution >= 4 is 31.5 Å². The fourth-order valence-corrected chi connectivity index (χ4v) is 3.24. The lowest BCUT2D eigenvalue weighted by molar-refractivity contribution is -0.0435. The van der Waals surface area contributed by atoms with Crippen LogP contribution in [0.2, 0.25) is 0 Å². The molecule has 8 heteroatoms. The molecule has 114 valence electrons. The summed E-state index contributed by atoms with van der Waals surface area (Å²) in [6.07, 6.45) is 0.639. The molecule has 1 N–H and O–H groups in total. The standard InChI is InChI=1S/C12H15BrF3NO2S/c1-8(13)7-9(2)17-10-5-3-4-6-11(10)20(18,19)12(14,15)16/h3-6,8-9,17H,7H2,1-2H3. The average molecular weight is 374 g/mol. The molecule has 0 heterocycles. The van der Waals surface area contributed by atoms with Crippen molar-refractivity contribution in [3.8, 4) is 0 Å². The Morgan fingerprint density at radius 3 is 2.30 bits per heavy atom. The number of benzene rings is 1. The van der Waals surface area contributed by atoms with Crippen molar-refractivity contribution in [1.82, 2.24) is 0 Å². The highest BCUT2D eigenvalue weighted by Gasteiger charge is 2.47. The highest BCUT2D eigenvalue weighted by Crippen LogP contribution is 2.34. The van der Waals surface area contributed by atoms with E-state index >= 15 is 0 Å². The van der Waals surface area contributed by atoms with Crippen molar-refractivity contribution in [3.05, 3.63) is 24.3 Å². The van der Waals surface area contributed by atoms with Crippen molar-refractivity contribution in [1.29, 1.82) is 0 Å². The lowest BCUT2D eigenvalue weighted by Gasteiger charge is -2.19. The number of anilines is 1. The van der Waals surface area contributed by atoms with Crippen LogP contribution in [0.4, 0.5) is 18.9 Å². The Balaban J connectivity index is 3.13. The molecule has 0 aliphatic carbocycles. The van der Waals surface area contributed by atoms with Crippen molar-refractivity contribution in [2.45, 2.75) is 41.5 Å². The molecule has 0 saturated carbocycles. The van der Waals surface area contributed by atoms with Gasteiger partial charge in [0.1, 0.15) is 0 Å². The molecule has 3 nitrogen and oxygen atoms in total. The first kappa shape index (κ1) is 17.3. The Kier molecular flexibility index (Phi) is 5.48. The predicted molar refractivity (Wildman–Crippen MR) is 75.8 cm³/mol. The van der Waals surface area contributed by atoms with Crippen LogP contribution in [0.1, 0.15) is 20.3 Å². The van der Waals surface area contributed by atoms with E-state index in [0.29, 0.717) is 6.42 Å². The van der Waals surface area contributed by atoms with Crippen LogP contribution < -0.4 is 5.32 Å². The lowest BCUT2D eigenvalue weighted by Crippen LogP contribution is -2.26. The minimum atomic E-state index is -5.36. The monoisotopic (exact) mass is 373 g/mol. The minimum absolute atomic E-state index is 0.0366. The quantitative estimate of drug-likeness (QED) is 0.794. The maximum Gasteiger partial charge on any atom is 0.501 e. The summed E-state index contributed by atoms with van der Waals surface area (Å²) in [5.41, 5.74) is -5.35. The summed E-state index contributed by atoms with van der Waals surface area (Å²) in [5.74, 6) is 0. The molecular weight excluding hydrogens is 359 g/mol. The summed E-state index contributed by atoms with van der Waals surface area (Å²) < 4.78 is 60.9.